The number of carbonyl (C=O) groups is 2. The number of nitrogens with one attached hydrogen (secondary N) is 1. The van der Waals surface area contributed by atoms with Crippen molar-refractivity contribution in [1.29, 1.82) is 0 Å². The Bertz CT molecular complexity index is 1200. The summed E-state index contributed by atoms with van der Waals surface area (Å²) in [6, 6.07) is 6.82. The van der Waals surface area contributed by atoms with Gasteiger partial charge in [0.2, 0.25) is 0 Å². The number of Topliss-reactive ketones (excluding diaryl/α,β-unsaturated/α-hetero) is 1. The molecule has 1 aromatic carbocycles. The second kappa shape index (κ2) is 7.84. The van der Waals surface area contributed by atoms with Crippen molar-refractivity contribution in [2.45, 2.75) is 12.1 Å². The molecule has 0 spiro atoms. The molecule has 29 heavy (non-hydrogen) atoms. The number of H-pyrrole nitrogens is 1. The maximum absolute atomic E-state index is 12.7. The van der Waals surface area contributed by atoms with Crippen molar-refractivity contribution < 1.29 is 14.3 Å². The fourth-order valence-electron chi connectivity index (χ4n) is 3.02. The number of thiophene rings is 1. The topological polar surface area (TPSA) is 92.4 Å². The number of benzene rings is 1. The summed E-state index contributed by atoms with van der Waals surface area (Å²) in [5, 5.41) is 0.965. The first kappa shape index (κ1) is 19.4. The van der Waals surface area contributed by atoms with Crippen molar-refractivity contribution in [2.24, 2.45) is 0 Å². The van der Waals surface area contributed by atoms with Crippen LogP contribution in [0.5, 0.6) is 5.75 Å². The third-order valence-corrected chi connectivity index (χ3v) is 6.20. The Morgan fingerprint density at radius 2 is 2.24 bits per heavy atom. The molecular weight excluding hydrogens is 410 g/mol. The lowest BCUT2D eigenvalue weighted by atomic mass is 10.1. The number of ether oxygens (including phenoxy) is 1. The van der Waals surface area contributed by atoms with E-state index in [9.17, 15) is 14.4 Å². The summed E-state index contributed by atoms with van der Waals surface area (Å²) in [5.41, 5.74) is 0.803. The molecule has 1 amide bonds. The molecule has 0 saturated carbocycles. The number of aromatic amines is 1. The Labute approximate surface area is 174 Å². The fourth-order valence-corrected chi connectivity index (χ4v) is 4.72. The van der Waals surface area contributed by atoms with E-state index >= 15 is 0 Å². The highest BCUT2D eigenvalue weighted by atomic mass is 32.2. The number of fused-ring (bicyclic) bond motifs is 2. The minimum Gasteiger partial charge on any atom is -0.482 e. The molecule has 0 radical (unpaired) electrons. The molecule has 4 rings (SSSR count). The quantitative estimate of drug-likeness (QED) is 0.281. The Kier molecular flexibility index (Phi) is 5.25. The summed E-state index contributed by atoms with van der Waals surface area (Å²) in [7, 11) is 0. The first-order valence-electron chi connectivity index (χ1n) is 8.81. The molecule has 1 aliphatic rings. The molecule has 0 aliphatic carbocycles. The van der Waals surface area contributed by atoms with Gasteiger partial charge in [-0.1, -0.05) is 17.8 Å². The molecule has 1 aliphatic heterocycles. The molecule has 0 saturated heterocycles. The average Bonchev–Trinajstić information content (AvgIpc) is 3.09. The first-order chi connectivity index (χ1) is 14.0. The second-order valence-electron chi connectivity index (χ2n) is 6.42. The molecule has 9 heteroatoms. The number of nitrogens with zero attached hydrogens (tertiary/aromatic N) is 2. The number of hydrogen-bond donors (Lipinski definition) is 1. The van der Waals surface area contributed by atoms with Gasteiger partial charge in [-0.05, 0) is 31.2 Å². The maximum atomic E-state index is 12.7. The Morgan fingerprint density at radius 1 is 1.41 bits per heavy atom. The number of hydrogen-bond acceptors (Lipinski definition) is 7. The van der Waals surface area contributed by atoms with Gasteiger partial charge in [-0.3, -0.25) is 14.4 Å². The Morgan fingerprint density at radius 3 is 3.03 bits per heavy atom. The van der Waals surface area contributed by atoms with Gasteiger partial charge in [-0.25, -0.2) is 4.98 Å². The number of thioether (sulfide) groups is 1. The summed E-state index contributed by atoms with van der Waals surface area (Å²) in [4.78, 5) is 47.3. The van der Waals surface area contributed by atoms with E-state index in [4.69, 9.17) is 4.74 Å². The lowest BCUT2D eigenvalue weighted by molar-refractivity contribution is -0.121. The minimum absolute atomic E-state index is 0.0340. The van der Waals surface area contributed by atoms with Crippen molar-refractivity contribution in [3.63, 3.8) is 0 Å². The monoisotopic (exact) mass is 427 g/mol. The lowest BCUT2D eigenvalue weighted by Gasteiger charge is -2.28. The second-order valence-corrected chi connectivity index (χ2v) is 8.62. The molecule has 2 aromatic heterocycles. The van der Waals surface area contributed by atoms with Gasteiger partial charge in [0.15, 0.2) is 17.5 Å². The summed E-state index contributed by atoms with van der Waals surface area (Å²) in [6.07, 6.45) is 1.63. The normalized spacial score (nSPS) is 13.3. The van der Waals surface area contributed by atoms with Gasteiger partial charge < -0.3 is 14.6 Å². The molecule has 0 bridgehead atoms. The van der Waals surface area contributed by atoms with Crippen molar-refractivity contribution in [3.05, 3.63) is 57.7 Å². The van der Waals surface area contributed by atoms with Crippen molar-refractivity contribution in [3.8, 4) is 5.75 Å². The van der Waals surface area contributed by atoms with Gasteiger partial charge in [0.1, 0.15) is 10.6 Å². The van der Waals surface area contributed by atoms with E-state index in [1.807, 2.05) is 6.92 Å². The van der Waals surface area contributed by atoms with E-state index < -0.39 is 0 Å². The van der Waals surface area contributed by atoms with E-state index in [0.717, 1.165) is 4.88 Å². The molecular formula is C20H17N3O4S2. The molecule has 3 aromatic rings. The van der Waals surface area contributed by atoms with E-state index in [1.165, 1.54) is 23.1 Å². The van der Waals surface area contributed by atoms with Crippen LogP contribution in [-0.4, -0.2) is 40.6 Å². The molecule has 3 heterocycles. The zero-order valence-electron chi connectivity index (χ0n) is 15.6. The number of anilines is 1. The number of amides is 1. The predicted octanol–water partition coefficient (Wildman–Crippen LogP) is 3.18. The molecule has 1 N–H and O–H groups in total. The number of ketones is 1. The van der Waals surface area contributed by atoms with Gasteiger partial charge in [0.05, 0.1) is 16.8 Å². The lowest BCUT2D eigenvalue weighted by Crippen LogP contribution is -2.38. The van der Waals surface area contributed by atoms with E-state index in [-0.39, 0.29) is 29.6 Å². The third-order valence-electron chi connectivity index (χ3n) is 4.38. The maximum Gasteiger partial charge on any atom is 0.265 e. The summed E-state index contributed by atoms with van der Waals surface area (Å²) < 4.78 is 5.44. The van der Waals surface area contributed by atoms with E-state index in [2.05, 4.69) is 16.5 Å². The zero-order valence-corrected chi connectivity index (χ0v) is 17.2. The van der Waals surface area contributed by atoms with Crippen LogP contribution in [0.15, 0.2) is 46.9 Å². The van der Waals surface area contributed by atoms with Crippen molar-refractivity contribution in [1.82, 2.24) is 9.97 Å². The number of carbonyl (C=O) groups excluding carboxylic acids is 2. The van der Waals surface area contributed by atoms with Gasteiger partial charge >= 0.3 is 0 Å². The largest absolute Gasteiger partial charge is 0.482 e. The van der Waals surface area contributed by atoms with Crippen LogP contribution in [-0.2, 0) is 4.79 Å². The number of aromatic nitrogens is 2. The summed E-state index contributed by atoms with van der Waals surface area (Å²) >= 11 is 2.62. The van der Waals surface area contributed by atoms with Gasteiger partial charge in [-0.2, -0.15) is 0 Å². The van der Waals surface area contributed by atoms with Crippen LogP contribution in [0.1, 0.15) is 15.2 Å². The Hall–Kier alpha value is -2.91. The fraction of sp³-hybridized carbons (Fsp3) is 0.200. The highest BCUT2D eigenvalue weighted by molar-refractivity contribution is 7.99. The number of rotatable bonds is 6. The molecule has 0 atom stereocenters. The van der Waals surface area contributed by atoms with Crippen LogP contribution < -0.4 is 15.2 Å². The molecule has 0 fully saturated rings. The van der Waals surface area contributed by atoms with Gasteiger partial charge in [0.25, 0.3) is 11.5 Å². The Balaban J connectivity index is 1.54. The van der Waals surface area contributed by atoms with E-state index in [1.54, 1.807) is 35.2 Å². The predicted molar refractivity (Wildman–Crippen MR) is 115 cm³/mol. The smallest absolute Gasteiger partial charge is 0.265 e. The van der Waals surface area contributed by atoms with Gasteiger partial charge in [-0.15, -0.1) is 17.9 Å². The highest BCUT2D eigenvalue weighted by Crippen LogP contribution is 2.33. The SMILES string of the molecule is C=CCN1C(=O)COc2ccc(C(=O)CSc3nc4sc(C)cc4c(=O)[nH]3)cc21. The number of aryl methyl sites for hydroxylation is 1. The molecule has 148 valence electrons. The van der Waals surface area contributed by atoms with Crippen molar-refractivity contribution in [2.75, 3.05) is 23.8 Å². The summed E-state index contributed by atoms with van der Waals surface area (Å²) in [6.45, 7) is 5.90. The third kappa shape index (κ3) is 3.83. The van der Waals surface area contributed by atoms with Crippen LogP contribution in [0.4, 0.5) is 5.69 Å². The minimum atomic E-state index is -0.209. The molecule has 0 unspecified atom stereocenters. The standard InChI is InChI=1S/C20H17N3O4S2/c1-3-6-23-14-8-12(4-5-16(14)27-9-17(23)25)15(24)10-28-20-21-18(26)13-7-11(2)29-19(13)22-20/h3-5,7-8H,1,6,9-10H2,2H3,(H,21,22,26). The van der Waals surface area contributed by atoms with Crippen LogP contribution in [0.3, 0.4) is 0 Å². The van der Waals surface area contributed by atoms with E-state index in [0.29, 0.717) is 38.9 Å². The van der Waals surface area contributed by atoms with Crippen molar-refractivity contribution >= 4 is 50.7 Å². The molecule has 7 nitrogen and oxygen atoms in total. The van der Waals surface area contributed by atoms with Gasteiger partial charge in [0, 0.05) is 17.0 Å². The average molecular weight is 428 g/mol. The highest BCUT2D eigenvalue weighted by Gasteiger charge is 2.25. The van der Waals surface area contributed by atoms with Crippen LogP contribution in [0.2, 0.25) is 0 Å². The van der Waals surface area contributed by atoms with Crippen LogP contribution in [0, 0.1) is 6.92 Å². The summed E-state index contributed by atoms with van der Waals surface area (Å²) in [5.74, 6) is 0.339. The first-order valence-corrected chi connectivity index (χ1v) is 10.6. The zero-order chi connectivity index (χ0) is 20.5. The van der Waals surface area contributed by atoms with Crippen LogP contribution in [0.25, 0.3) is 10.2 Å². The van der Waals surface area contributed by atoms with Crippen LogP contribution >= 0.6 is 23.1 Å².